The minimum atomic E-state index is -0.386. The molecule has 0 bridgehead atoms. The third-order valence-electron chi connectivity index (χ3n) is 2.15. The molecule has 0 radical (unpaired) electrons. The second-order valence-electron chi connectivity index (χ2n) is 4.55. The van der Waals surface area contributed by atoms with E-state index in [1.807, 2.05) is 20.8 Å². The van der Waals surface area contributed by atoms with Gasteiger partial charge in [0.25, 0.3) is 0 Å². The second-order valence-corrected chi connectivity index (χ2v) is 4.55. The summed E-state index contributed by atoms with van der Waals surface area (Å²) in [4.78, 5) is 11.3. The van der Waals surface area contributed by atoms with Gasteiger partial charge in [-0.1, -0.05) is 0 Å². The Kier molecular flexibility index (Phi) is 3.55. The summed E-state index contributed by atoms with van der Waals surface area (Å²) in [6.07, 6.45) is 6.21. The fourth-order valence-electron chi connectivity index (χ4n) is 1.10. The van der Waals surface area contributed by atoms with Gasteiger partial charge in [-0.3, -0.25) is 15.1 Å². The van der Waals surface area contributed by atoms with Crippen LogP contribution in [-0.2, 0) is 9.53 Å². The van der Waals surface area contributed by atoms with Gasteiger partial charge in [0.05, 0.1) is 12.6 Å². The number of hydrogen-bond acceptors (Lipinski definition) is 4. The number of rotatable bonds is 2. The maximum atomic E-state index is 11.3. The first-order valence-corrected chi connectivity index (χ1v) is 5.03. The molecule has 0 fully saturated rings. The highest BCUT2D eigenvalue weighted by molar-refractivity contribution is 6.04. The van der Waals surface area contributed by atoms with Crippen molar-refractivity contribution in [2.45, 2.75) is 26.3 Å². The van der Waals surface area contributed by atoms with Crippen LogP contribution in [0.15, 0.2) is 35.8 Å². The number of allylic oxidation sites excluding steroid dienone is 4. The minimum absolute atomic E-state index is 0.167. The standard InChI is InChI=1S/C12H17NO3/c1-12(2,3)13(15)8-9-5-6-10(14)11(7-9)16-4/h5-8,15H,1-4H3/b9-8+. The highest BCUT2D eigenvalue weighted by Crippen LogP contribution is 2.17. The van der Waals surface area contributed by atoms with Crippen LogP contribution in [0.3, 0.4) is 0 Å². The van der Waals surface area contributed by atoms with Crippen LogP contribution in [0.2, 0.25) is 0 Å². The highest BCUT2D eigenvalue weighted by atomic mass is 16.5. The minimum Gasteiger partial charge on any atom is -0.493 e. The Balaban J connectivity index is 2.91. The Labute approximate surface area is 95.5 Å². The number of methoxy groups -OCH3 is 1. The zero-order valence-electron chi connectivity index (χ0n) is 10.0. The van der Waals surface area contributed by atoms with Crippen LogP contribution in [-0.4, -0.2) is 28.7 Å². The molecule has 0 atom stereocenters. The van der Waals surface area contributed by atoms with Crippen molar-refractivity contribution < 1.29 is 14.7 Å². The fourth-order valence-corrected chi connectivity index (χ4v) is 1.10. The Bertz CT molecular complexity index is 372. The normalized spacial score (nSPS) is 18.7. The Morgan fingerprint density at radius 1 is 1.38 bits per heavy atom. The Hall–Kier alpha value is -1.55. The zero-order chi connectivity index (χ0) is 12.3. The molecule has 0 aromatic heterocycles. The number of nitrogens with zero attached hydrogens (tertiary/aromatic N) is 1. The van der Waals surface area contributed by atoms with E-state index in [9.17, 15) is 10.0 Å². The van der Waals surface area contributed by atoms with Crippen molar-refractivity contribution in [1.29, 1.82) is 0 Å². The average Bonchev–Trinajstić information content (AvgIpc) is 2.19. The first kappa shape index (κ1) is 12.5. The molecule has 1 aliphatic carbocycles. The predicted octanol–water partition coefficient (Wildman–Crippen LogP) is 2.03. The van der Waals surface area contributed by atoms with Crippen molar-refractivity contribution in [3.05, 3.63) is 35.8 Å². The SMILES string of the molecule is COC1=C/C(=C/N(O)C(C)(C)C)C=CC1=O. The number of ether oxygens (including phenoxy) is 1. The lowest BCUT2D eigenvalue weighted by atomic mass is 10.1. The van der Waals surface area contributed by atoms with Crippen LogP contribution >= 0.6 is 0 Å². The number of hydroxylamine groups is 2. The van der Waals surface area contributed by atoms with Gasteiger partial charge >= 0.3 is 0 Å². The summed E-state index contributed by atoms with van der Waals surface area (Å²) in [6.45, 7) is 5.63. The molecule has 88 valence electrons. The number of hydrogen-bond donors (Lipinski definition) is 1. The quantitative estimate of drug-likeness (QED) is 0.728. The topological polar surface area (TPSA) is 49.8 Å². The molecule has 0 aliphatic heterocycles. The van der Waals surface area contributed by atoms with Gasteiger partial charge in [0, 0.05) is 6.20 Å². The van der Waals surface area contributed by atoms with E-state index in [2.05, 4.69) is 0 Å². The summed E-state index contributed by atoms with van der Waals surface area (Å²) >= 11 is 0. The van der Waals surface area contributed by atoms with E-state index in [1.54, 1.807) is 18.4 Å². The smallest absolute Gasteiger partial charge is 0.220 e. The van der Waals surface area contributed by atoms with Gasteiger partial charge in [-0.15, -0.1) is 0 Å². The molecule has 0 saturated carbocycles. The molecule has 4 nitrogen and oxygen atoms in total. The molecule has 0 aromatic rings. The van der Waals surface area contributed by atoms with Crippen molar-refractivity contribution in [3.8, 4) is 0 Å². The number of ketones is 1. The van der Waals surface area contributed by atoms with Crippen molar-refractivity contribution in [1.82, 2.24) is 5.06 Å². The summed E-state index contributed by atoms with van der Waals surface area (Å²) in [5.41, 5.74) is 0.331. The summed E-state index contributed by atoms with van der Waals surface area (Å²) in [7, 11) is 1.45. The lowest BCUT2D eigenvalue weighted by Gasteiger charge is -2.28. The molecule has 4 heteroatoms. The predicted molar refractivity (Wildman–Crippen MR) is 60.7 cm³/mol. The van der Waals surface area contributed by atoms with Crippen molar-refractivity contribution in [2.24, 2.45) is 0 Å². The van der Waals surface area contributed by atoms with Crippen LogP contribution in [0.1, 0.15) is 20.8 Å². The second kappa shape index (κ2) is 4.53. The summed E-state index contributed by atoms with van der Waals surface area (Å²) in [5.74, 6) is 0.107. The summed E-state index contributed by atoms with van der Waals surface area (Å²) < 4.78 is 4.92. The fraction of sp³-hybridized carbons (Fsp3) is 0.417. The number of carbonyl (C=O) groups is 1. The largest absolute Gasteiger partial charge is 0.493 e. The molecule has 0 amide bonds. The van der Waals surface area contributed by atoms with E-state index in [4.69, 9.17) is 4.74 Å². The van der Waals surface area contributed by atoms with E-state index in [0.29, 0.717) is 5.57 Å². The molecule has 0 spiro atoms. The third kappa shape index (κ3) is 2.97. The van der Waals surface area contributed by atoms with Gasteiger partial charge in [0.2, 0.25) is 5.78 Å². The molecule has 0 saturated heterocycles. The Morgan fingerprint density at radius 3 is 2.50 bits per heavy atom. The summed E-state index contributed by atoms with van der Waals surface area (Å²) in [6, 6.07) is 0. The average molecular weight is 223 g/mol. The molecule has 16 heavy (non-hydrogen) atoms. The van der Waals surface area contributed by atoms with Crippen LogP contribution in [0.25, 0.3) is 0 Å². The molecular weight excluding hydrogens is 206 g/mol. The van der Waals surface area contributed by atoms with Gasteiger partial charge in [0.1, 0.15) is 0 Å². The van der Waals surface area contributed by atoms with E-state index >= 15 is 0 Å². The van der Waals surface area contributed by atoms with Gasteiger partial charge < -0.3 is 4.74 Å². The molecule has 0 aromatic carbocycles. The van der Waals surface area contributed by atoms with Crippen LogP contribution in [0.4, 0.5) is 0 Å². The monoisotopic (exact) mass is 223 g/mol. The molecule has 1 N–H and O–H groups in total. The lowest BCUT2D eigenvalue weighted by Crippen LogP contribution is -2.34. The summed E-state index contributed by atoms with van der Waals surface area (Å²) in [5, 5.41) is 10.8. The maximum absolute atomic E-state index is 11.3. The molecule has 0 unspecified atom stereocenters. The van der Waals surface area contributed by atoms with Crippen LogP contribution < -0.4 is 0 Å². The lowest BCUT2D eigenvalue weighted by molar-refractivity contribution is -0.114. The molecule has 1 rings (SSSR count). The number of carbonyl (C=O) groups excluding carboxylic acids is 1. The van der Waals surface area contributed by atoms with Gasteiger partial charge in [-0.25, -0.2) is 0 Å². The van der Waals surface area contributed by atoms with E-state index in [1.165, 1.54) is 13.2 Å². The third-order valence-corrected chi connectivity index (χ3v) is 2.15. The van der Waals surface area contributed by atoms with Gasteiger partial charge in [-0.05, 0) is 44.6 Å². The molecule has 1 aliphatic rings. The zero-order valence-corrected chi connectivity index (χ0v) is 10.0. The van der Waals surface area contributed by atoms with Crippen molar-refractivity contribution >= 4 is 5.78 Å². The van der Waals surface area contributed by atoms with Gasteiger partial charge in [0.15, 0.2) is 5.76 Å². The van der Waals surface area contributed by atoms with Gasteiger partial charge in [-0.2, -0.15) is 0 Å². The van der Waals surface area contributed by atoms with E-state index in [0.717, 1.165) is 5.06 Å². The van der Waals surface area contributed by atoms with E-state index < -0.39 is 0 Å². The Morgan fingerprint density at radius 2 is 2.00 bits per heavy atom. The van der Waals surface area contributed by atoms with Crippen molar-refractivity contribution in [2.75, 3.05) is 7.11 Å². The maximum Gasteiger partial charge on any atom is 0.220 e. The van der Waals surface area contributed by atoms with Crippen LogP contribution in [0.5, 0.6) is 0 Å². The first-order valence-electron chi connectivity index (χ1n) is 5.03. The van der Waals surface area contributed by atoms with Crippen LogP contribution in [0, 0.1) is 0 Å². The highest BCUT2D eigenvalue weighted by Gasteiger charge is 2.18. The molecule has 0 heterocycles. The van der Waals surface area contributed by atoms with Crippen molar-refractivity contribution in [3.63, 3.8) is 0 Å². The first-order chi connectivity index (χ1) is 7.34. The van der Waals surface area contributed by atoms with E-state index in [-0.39, 0.29) is 17.1 Å². The molecular formula is C12H17NO3.